The fraction of sp³-hybridized carbons (Fsp3) is 0. The molecule has 3 nitrogen and oxygen atoms in total. The molecular formula is C6H4FNO2. The number of hydrogen-bond acceptors (Lipinski definition) is 3. The van der Waals surface area contributed by atoms with Crippen molar-refractivity contribution in [3.8, 4) is 0 Å². The number of hydrogen-bond donors (Lipinski definition) is 0. The molecular weight excluding hydrogens is 137 g/mol. The van der Waals surface area contributed by atoms with Gasteiger partial charge in [-0.3, -0.25) is 0 Å². The molecule has 0 aliphatic carbocycles. The maximum atomic E-state index is 11.2. The predicted octanol–water partition coefficient (Wildman–Crippen LogP) is 1.12. The number of carbonyl (C=O) groups excluding carboxylic acids is 1. The lowest BCUT2D eigenvalue weighted by Gasteiger charge is -1.89. The Morgan fingerprint density at radius 1 is 1.60 bits per heavy atom. The molecule has 0 fully saturated rings. The molecule has 1 aromatic heterocycles. The van der Waals surface area contributed by atoms with Crippen molar-refractivity contribution in [2.24, 2.45) is 0 Å². The van der Waals surface area contributed by atoms with Crippen molar-refractivity contribution in [3.05, 3.63) is 30.1 Å². The third kappa shape index (κ3) is 1.28. The molecule has 0 spiro atoms. The average Bonchev–Trinajstić information content (AvgIpc) is 2.05. The monoisotopic (exact) mass is 141 g/mol. The van der Waals surface area contributed by atoms with E-state index in [0.29, 0.717) is 0 Å². The average molecular weight is 141 g/mol. The van der Waals surface area contributed by atoms with Crippen LogP contribution in [0.25, 0.3) is 0 Å². The van der Waals surface area contributed by atoms with Crippen LogP contribution in [0.4, 0.5) is 4.53 Å². The highest BCUT2D eigenvalue weighted by molar-refractivity contribution is 5.86. The Hall–Kier alpha value is -1.45. The van der Waals surface area contributed by atoms with Gasteiger partial charge in [0.1, 0.15) is 0 Å². The molecule has 0 saturated carbocycles. The first-order valence-corrected chi connectivity index (χ1v) is 2.58. The highest BCUT2D eigenvalue weighted by Gasteiger charge is 2.06. The summed E-state index contributed by atoms with van der Waals surface area (Å²) in [6.45, 7) is 0. The summed E-state index contributed by atoms with van der Waals surface area (Å²) in [5, 5.41) is 0. The van der Waals surface area contributed by atoms with Crippen molar-refractivity contribution in [2.45, 2.75) is 0 Å². The molecule has 0 bridgehead atoms. The van der Waals surface area contributed by atoms with E-state index in [9.17, 15) is 9.32 Å². The number of pyridine rings is 1. The molecule has 0 atom stereocenters. The van der Waals surface area contributed by atoms with Gasteiger partial charge in [0.05, 0.1) is 0 Å². The Bertz CT molecular complexity index is 224. The first-order chi connectivity index (χ1) is 4.84. The van der Waals surface area contributed by atoms with Crippen molar-refractivity contribution >= 4 is 5.97 Å². The first-order valence-electron chi connectivity index (χ1n) is 2.58. The zero-order chi connectivity index (χ0) is 7.40. The molecule has 0 aliphatic rings. The molecule has 1 heterocycles. The molecule has 52 valence electrons. The maximum absolute atomic E-state index is 11.2. The van der Waals surface area contributed by atoms with Crippen molar-refractivity contribution in [1.82, 2.24) is 4.98 Å². The van der Waals surface area contributed by atoms with Crippen molar-refractivity contribution < 1.29 is 14.3 Å². The minimum atomic E-state index is -1.07. The zero-order valence-electron chi connectivity index (χ0n) is 4.95. The molecule has 0 unspecified atom stereocenters. The van der Waals surface area contributed by atoms with E-state index in [2.05, 4.69) is 9.93 Å². The third-order valence-corrected chi connectivity index (χ3v) is 0.944. The van der Waals surface area contributed by atoms with Gasteiger partial charge in [-0.2, -0.15) is 0 Å². The van der Waals surface area contributed by atoms with Crippen LogP contribution < -0.4 is 0 Å². The summed E-state index contributed by atoms with van der Waals surface area (Å²) in [6, 6.07) is 4.55. The van der Waals surface area contributed by atoms with Crippen molar-refractivity contribution in [1.29, 1.82) is 0 Å². The number of halogens is 1. The van der Waals surface area contributed by atoms with Crippen LogP contribution in [0.2, 0.25) is 0 Å². The maximum Gasteiger partial charge on any atom is 0.397 e. The number of nitrogens with zero attached hydrogens (tertiary/aromatic N) is 1. The summed E-state index contributed by atoms with van der Waals surface area (Å²) in [4.78, 5) is 16.8. The molecule has 0 aromatic carbocycles. The Morgan fingerprint density at radius 2 is 2.40 bits per heavy atom. The smallest absolute Gasteiger partial charge is 0.249 e. The second kappa shape index (κ2) is 2.91. The van der Waals surface area contributed by atoms with Crippen LogP contribution in [-0.4, -0.2) is 11.0 Å². The minimum absolute atomic E-state index is 0.0370. The van der Waals surface area contributed by atoms with E-state index in [1.165, 1.54) is 12.3 Å². The van der Waals surface area contributed by atoms with E-state index in [-0.39, 0.29) is 5.69 Å². The fourth-order valence-corrected chi connectivity index (χ4v) is 0.523. The van der Waals surface area contributed by atoms with Gasteiger partial charge >= 0.3 is 5.97 Å². The topological polar surface area (TPSA) is 39.2 Å². The standard InChI is InChI=1S/C6H4FNO2/c7-10-6(9)5-3-1-2-4-8-5/h1-4H. The van der Waals surface area contributed by atoms with Crippen LogP contribution in [0.1, 0.15) is 10.5 Å². The second-order valence-corrected chi connectivity index (χ2v) is 1.58. The van der Waals surface area contributed by atoms with Gasteiger partial charge in [0, 0.05) is 10.7 Å². The van der Waals surface area contributed by atoms with Gasteiger partial charge in [-0.05, 0) is 12.1 Å². The van der Waals surface area contributed by atoms with Gasteiger partial charge in [0.2, 0.25) is 0 Å². The lowest BCUT2D eigenvalue weighted by atomic mass is 10.4. The molecule has 0 saturated heterocycles. The van der Waals surface area contributed by atoms with Gasteiger partial charge in [-0.1, -0.05) is 6.07 Å². The molecule has 1 aromatic rings. The van der Waals surface area contributed by atoms with Gasteiger partial charge in [-0.15, -0.1) is 0 Å². The Balaban J connectivity index is 2.85. The number of carbonyl (C=O) groups is 1. The minimum Gasteiger partial charge on any atom is -0.249 e. The summed E-state index contributed by atoms with van der Waals surface area (Å²) in [7, 11) is 0. The third-order valence-electron chi connectivity index (χ3n) is 0.944. The van der Waals surface area contributed by atoms with E-state index in [1.807, 2.05) is 0 Å². The Labute approximate surface area is 56.4 Å². The van der Waals surface area contributed by atoms with E-state index in [1.54, 1.807) is 12.1 Å². The van der Waals surface area contributed by atoms with Crippen molar-refractivity contribution in [2.75, 3.05) is 0 Å². The molecule has 4 heteroatoms. The molecule has 0 aliphatic heterocycles. The Kier molecular flexibility index (Phi) is 1.94. The van der Waals surface area contributed by atoms with Gasteiger partial charge in [0.25, 0.3) is 0 Å². The second-order valence-electron chi connectivity index (χ2n) is 1.58. The lowest BCUT2D eigenvalue weighted by Crippen LogP contribution is -2.00. The van der Waals surface area contributed by atoms with E-state index >= 15 is 0 Å². The first kappa shape index (κ1) is 6.67. The SMILES string of the molecule is O=C(OF)c1ccccn1. The van der Waals surface area contributed by atoms with E-state index in [4.69, 9.17) is 0 Å². The van der Waals surface area contributed by atoms with Crippen LogP contribution in [0.3, 0.4) is 0 Å². The largest absolute Gasteiger partial charge is 0.397 e. The lowest BCUT2D eigenvalue weighted by molar-refractivity contribution is -0.0793. The summed E-state index contributed by atoms with van der Waals surface area (Å²) in [5.41, 5.74) is -0.0370. The molecule has 1 rings (SSSR count). The molecule has 0 N–H and O–H groups in total. The number of rotatable bonds is 1. The summed E-state index contributed by atoms with van der Waals surface area (Å²) in [6.07, 6.45) is 1.38. The molecule has 0 amide bonds. The summed E-state index contributed by atoms with van der Waals surface area (Å²) >= 11 is 0. The Morgan fingerprint density at radius 3 is 2.90 bits per heavy atom. The number of aromatic nitrogens is 1. The quantitative estimate of drug-likeness (QED) is 0.588. The van der Waals surface area contributed by atoms with Crippen LogP contribution >= 0.6 is 0 Å². The highest BCUT2D eigenvalue weighted by atomic mass is 19.3. The van der Waals surface area contributed by atoms with Gasteiger partial charge in [0.15, 0.2) is 5.69 Å². The fourth-order valence-electron chi connectivity index (χ4n) is 0.523. The van der Waals surface area contributed by atoms with Gasteiger partial charge in [-0.25, -0.2) is 14.7 Å². The highest BCUT2D eigenvalue weighted by Crippen LogP contribution is 1.95. The predicted molar refractivity (Wildman–Crippen MR) is 30.8 cm³/mol. The van der Waals surface area contributed by atoms with Crippen molar-refractivity contribution in [3.63, 3.8) is 0 Å². The summed E-state index contributed by atoms with van der Waals surface area (Å²) < 4.78 is 11.2. The van der Waals surface area contributed by atoms with Crippen LogP contribution in [-0.2, 0) is 4.94 Å². The summed E-state index contributed by atoms with van der Waals surface area (Å²) in [5.74, 6) is -1.07. The molecule has 10 heavy (non-hydrogen) atoms. The van der Waals surface area contributed by atoms with E-state index in [0.717, 1.165) is 0 Å². The van der Waals surface area contributed by atoms with Crippen LogP contribution in [0.15, 0.2) is 24.4 Å². The van der Waals surface area contributed by atoms with E-state index < -0.39 is 5.97 Å². The normalized spacial score (nSPS) is 8.90. The zero-order valence-corrected chi connectivity index (χ0v) is 4.95. The van der Waals surface area contributed by atoms with Crippen LogP contribution in [0, 0.1) is 0 Å². The molecule has 0 radical (unpaired) electrons. The van der Waals surface area contributed by atoms with Gasteiger partial charge < -0.3 is 0 Å². The van der Waals surface area contributed by atoms with Crippen LogP contribution in [0.5, 0.6) is 0 Å².